The molecule has 2 unspecified atom stereocenters. The number of carbonyl (C=O) groups excluding carboxylic acids is 1. The number of urea groups is 1. The van der Waals surface area contributed by atoms with Crippen LogP contribution < -0.4 is 25.2 Å². The quantitative estimate of drug-likeness (QED) is 0.850. The molecule has 146 valence electrons. The molecule has 2 saturated heterocycles. The second kappa shape index (κ2) is 7.00. The van der Waals surface area contributed by atoms with Gasteiger partial charge in [0.1, 0.15) is 18.1 Å². The predicted molar refractivity (Wildman–Crippen MR) is 106 cm³/mol. The van der Waals surface area contributed by atoms with Gasteiger partial charge in [-0.05, 0) is 23.8 Å². The number of amides is 2. The Hall–Kier alpha value is -2.77. The summed E-state index contributed by atoms with van der Waals surface area (Å²) in [6.45, 7) is 3.50. The molecule has 2 N–H and O–H groups in total. The minimum Gasteiger partial charge on any atom is -0.497 e. The number of rotatable bonds is 4. The van der Waals surface area contributed by atoms with Crippen molar-refractivity contribution in [3.05, 3.63) is 53.6 Å². The topological polar surface area (TPSA) is 66.1 Å². The van der Waals surface area contributed by atoms with E-state index < -0.39 is 0 Å². The summed E-state index contributed by atoms with van der Waals surface area (Å²) in [5.74, 6) is 2.11. The molecular formula is C21H24N4O3. The number of hydrogen-bond donors (Lipinski definition) is 2. The molecule has 0 bridgehead atoms. The van der Waals surface area contributed by atoms with E-state index in [1.807, 2.05) is 46.2 Å². The highest BCUT2D eigenvalue weighted by Crippen LogP contribution is 2.38. The van der Waals surface area contributed by atoms with Gasteiger partial charge in [-0.25, -0.2) is 4.79 Å². The molecule has 0 aromatic heterocycles. The number of benzene rings is 2. The van der Waals surface area contributed by atoms with E-state index in [0.29, 0.717) is 38.2 Å². The molecule has 7 nitrogen and oxygen atoms in total. The fourth-order valence-corrected chi connectivity index (χ4v) is 4.29. The molecule has 0 saturated carbocycles. The predicted octanol–water partition coefficient (Wildman–Crippen LogP) is 2.09. The average molecular weight is 380 g/mol. The third-order valence-electron chi connectivity index (χ3n) is 5.82. The zero-order chi connectivity index (χ0) is 19.1. The molecule has 7 heteroatoms. The van der Waals surface area contributed by atoms with Crippen LogP contribution in [0.15, 0.2) is 42.5 Å². The van der Waals surface area contributed by atoms with Gasteiger partial charge in [0.25, 0.3) is 0 Å². The molecule has 2 aromatic rings. The molecule has 0 radical (unpaired) electrons. The molecule has 5 rings (SSSR count). The minimum atomic E-state index is 0.0284. The van der Waals surface area contributed by atoms with Crippen LogP contribution in [-0.2, 0) is 6.54 Å². The van der Waals surface area contributed by atoms with E-state index in [9.17, 15) is 4.79 Å². The van der Waals surface area contributed by atoms with E-state index in [1.54, 1.807) is 7.11 Å². The van der Waals surface area contributed by atoms with Crippen molar-refractivity contribution in [3.63, 3.8) is 0 Å². The van der Waals surface area contributed by atoms with Crippen molar-refractivity contribution >= 4 is 11.7 Å². The molecule has 0 aliphatic carbocycles. The molecule has 2 amide bonds. The second-order valence-corrected chi connectivity index (χ2v) is 7.48. The number of hydrazine groups is 1. The Labute approximate surface area is 164 Å². The van der Waals surface area contributed by atoms with Gasteiger partial charge in [0.2, 0.25) is 0 Å². The lowest BCUT2D eigenvalue weighted by Crippen LogP contribution is -2.38. The van der Waals surface area contributed by atoms with Crippen molar-refractivity contribution in [3.8, 4) is 11.5 Å². The van der Waals surface area contributed by atoms with Crippen molar-refractivity contribution in [2.24, 2.45) is 0 Å². The number of nitrogens with one attached hydrogen (secondary N) is 2. The van der Waals surface area contributed by atoms with Gasteiger partial charge in [-0.15, -0.1) is 0 Å². The number of anilines is 1. The Morgan fingerprint density at radius 1 is 1.21 bits per heavy atom. The first-order chi connectivity index (χ1) is 13.7. The number of nitrogens with zero attached hydrogens (tertiary/aromatic N) is 2. The van der Waals surface area contributed by atoms with Gasteiger partial charge in [0.15, 0.2) is 0 Å². The largest absolute Gasteiger partial charge is 0.497 e. The zero-order valence-corrected chi connectivity index (χ0v) is 15.9. The SMILES string of the molecule is COc1cccc(CN2CCN(c3ccc4c(c3)OCC3NNCC43)C2=O)c1. The molecule has 2 fully saturated rings. The molecule has 2 aromatic carbocycles. The Balaban J connectivity index is 1.33. The fourth-order valence-electron chi connectivity index (χ4n) is 4.29. The second-order valence-electron chi connectivity index (χ2n) is 7.48. The van der Waals surface area contributed by atoms with Crippen molar-refractivity contribution in [2.75, 3.05) is 38.3 Å². The number of hydrogen-bond acceptors (Lipinski definition) is 5. The summed E-state index contributed by atoms with van der Waals surface area (Å²) in [7, 11) is 1.65. The van der Waals surface area contributed by atoms with Crippen molar-refractivity contribution < 1.29 is 14.3 Å². The van der Waals surface area contributed by atoms with Crippen LogP contribution >= 0.6 is 0 Å². The molecule has 2 atom stereocenters. The number of carbonyl (C=O) groups is 1. The standard InChI is InChI=1S/C21H24N4O3/c1-27-16-4-2-3-14(9-16)12-24-7-8-25(21(24)26)15-5-6-17-18-11-22-23-19(18)13-28-20(17)10-15/h2-6,9-10,18-19,22-23H,7-8,11-13H2,1H3. The molecular weight excluding hydrogens is 356 g/mol. The summed E-state index contributed by atoms with van der Waals surface area (Å²) >= 11 is 0. The lowest BCUT2D eigenvalue weighted by atomic mass is 9.90. The van der Waals surface area contributed by atoms with Gasteiger partial charge in [0.05, 0.1) is 13.2 Å². The molecule has 3 aliphatic rings. The van der Waals surface area contributed by atoms with Crippen LogP contribution in [-0.4, -0.2) is 50.3 Å². The molecule has 3 heterocycles. The molecule has 3 aliphatic heterocycles. The first-order valence-electron chi connectivity index (χ1n) is 9.67. The maximum absolute atomic E-state index is 13.0. The van der Waals surface area contributed by atoms with Crippen LogP contribution in [0.25, 0.3) is 0 Å². The Morgan fingerprint density at radius 3 is 3.04 bits per heavy atom. The minimum absolute atomic E-state index is 0.0284. The van der Waals surface area contributed by atoms with Gasteiger partial charge in [0, 0.05) is 49.4 Å². The van der Waals surface area contributed by atoms with Crippen LogP contribution in [0.4, 0.5) is 10.5 Å². The van der Waals surface area contributed by atoms with Crippen LogP contribution in [0.1, 0.15) is 17.0 Å². The maximum Gasteiger partial charge on any atom is 0.324 e. The van der Waals surface area contributed by atoms with Gasteiger partial charge < -0.3 is 14.4 Å². The first-order valence-corrected chi connectivity index (χ1v) is 9.67. The number of fused-ring (bicyclic) bond motifs is 3. The fraction of sp³-hybridized carbons (Fsp3) is 0.381. The van der Waals surface area contributed by atoms with Crippen LogP contribution in [0.3, 0.4) is 0 Å². The van der Waals surface area contributed by atoms with E-state index in [-0.39, 0.29) is 6.03 Å². The smallest absolute Gasteiger partial charge is 0.324 e. The third-order valence-corrected chi connectivity index (χ3v) is 5.82. The van der Waals surface area contributed by atoms with Crippen molar-refractivity contribution in [1.29, 1.82) is 0 Å². The summed E-state index contributed by atoms with van der Waals surface area (Å²) in [5, 5.41) is 0. The highest BCUT2D eigenvalue weighted by atomic mass is 16.5. The summed E-state index contributed by atoms with van der Waals surface area (Å²) in [6, 6.07) is 14.3. The van der Waals surface area contributed by atoms with Crippen molar-refractivity contribution in [2.45, 2.75) is 18.5 Å². The highest BCUT2D eigenvalue weighted by Gasteiger charge is 2.36. The molecule has 0 spiro atoms. The monoisotopic (exact) mass is 380 g/mol. The van der Waals surface area contributed by atoms with E-state index in [4.69, 9.17) is 9.47 Å². The third kappa shape index (κ3) is 2.96. The normalized spacial score (nSPS) is 23.4. The summed E-state index contributed by atoms with van der Waals surface area (Å²) in [5.41, 5.74) is 9.64. The summed E-state index contributed by atoms with van der Waals surface area (Å²) in [4.78, 5) is 16.7. The van der Waals surface area contributed by atoms with E-state index >= 15 is 0 Å². The lowest BCUT2D eigenvalue weighted by molar-refractivity contribution is 0.218. The van der Waals surface area contributed by atoms with E-state index in [0.717, 1.165) is 29.3 Å². The van der Waals surface area contributed by atoms with Gasteiger partial charge in [-0.3, -0.25) is 15.8 Å². The highest BCUT2D eigenvalue weighted by molar-refractivity contribution is 5.94. The van der Waals surface area contributed by atoms with Crippen LogP contribution in [0.5, 0.6) is 11.5 Å². The number of ether oxygens (including phenoxy) is 2. The molecule has 28 heavy (non-hydrogen) atoms. The van der Waals surface area contributed by atoms with Crippen LogP contribution in [0.2, 0.25) is 0 Å². The van der Waals surface area contributed by atoms with Gasteiger partial charge in [-0.1, -0.05) is 18.2 Å². The Morgan fingerprint density at radius 2 is 2.14 bits per heavy atom. The average Bonchev–Trinajstić information content (AvgIpc) is 3.35. The Bertz CT molecular complexity index is 903. The van der Waals surface area contributed by atoms with Crippen molar-refractivity contribution in [1.82, 2.24) is 15.8 Å². The van der Waals surface area contributed by atoms with E-state index in [1.165, 1.54) is 5.56 Å². The van der Waals surface area contributed by atoms with Gasteiger partial charge >= 0.3 is 6.03 Å². The van der Waals surface area contributed by atoms with Crippen LogP contribution in [0, 0.1) is 0 Å². The maximum atomic E-state index is 13.0. The van der Waals surface area contributed by atoms with E-state index in [2.05, 4.69) is 16.9 Å². The number of methoxy groups -OCH3 is 1. The first kappa shape index (κ1) is 17.3. The zero-order valence-electron chi connectivity index (χ0n) is 15.9. The Kier molecular flexibility index (Phi) is 4.33. The lowest BCUT2D eigenvalue weighted by Gasteiger charge is -2.28. The van der Waals surface area contributed by atoms with Gasteiger partial charge in [-0.2, -0.15) is 0 Å². The summed E-state index contributed by atoms with van der Waals surface area (Å²) in [6.07, 6.45) is 0. The summed E-state index contributed by atoms with van der Waals surface area (Å²) < 4.78 is 11.2.